The summed E-state index contributed by atoms with van der Waals surface area (Å²) in [6, 6.07) is 4.17. The van der Waals surface area contributed by atoms with E-state index in [1.165, 1.54) is 13.2 Å². The number of nitrogens with zero attached hydrogens (tertiary/aromatic N) is 2. The van der Waals surface area contributed by atoms with Gasteiger partial charge in [0.15, 0.2) is 11.6 Å². The van der Waals surface area contributed by atoms with E-state index in [1.807, 2.05) is 16.8 Å². The first kappa shape index (κ1) is 14.3. The lowest BCUT2D eigenvalue weighted by atomic mass is 10.2. The summed E-state index contributed by atoms with van der Waals surface area (Å²) < 4.78 is 18.5. The average Bonchev–Trinajstić information content (AvgIpc) is 2.90. The first-order chi connectivity index (χ1) is 9.52. The Morgan fingerprint density at radius 3 is 2.80 bits per heavy atom. The third kappa shape index (κ3) is 2.88. The number of ether oxygens (including phenoxy) is 1. The van der Waals surface area contributed by atoms with Crippen molar-refractivity contribution < 1.29 is 14.1 Å². The summed E-state index contributed by atoms with van der Waals surface area (Å²) in [6.07, 6.45) is 0. The van der Waals surface area contributed by atoms with E-state index < -0.39 is 10.7 Å². The van der Waals surface area contributed by atoms with Gasteiger partial charge in [0.2, 0.25) is 0 Å². The van der Waals surface area contributed by atoms with Crippen molar-refractivity contribution in [1.29, 1.82) is 0 Å². The largest absolute Gasteiger partial charge is 0.494 e. The summed E-state index contributed by atoms with van der Waals surface area (Å²) in [4.78, 5) is 12.2. The van der Waals surface area contributed by atoms with E-state index >= 15 is 0 Å². The van der Waals surface area contributed by atoms with Crippen LogP contribution in [0, 0.1) is 15.9 Å². The summed E-state index contributed by atoms with van der Waals surface area (Å²) in [6.45, 7) is 0.499. The van der Waals surface area contributed by atoms with Crippen molar-refractivity contribution in [1.82, 2.24) is 0 Å². The van der Waals surface area contributed by atoms with E-state index in [-0.39, 0.29) is 11.4 Å². The van der Waals surface area contributed by atoms with Crippen LogP contribution in [0.15, 0.2) is 29.0 Å². The lowest BCUT2D eigenvalue weighted by Crippen LogP contribution is -2.17. The zero-order valence-electron chi connectivity index (χ0n) is 11.0. The maximum absolute atomic E-state index is 13.6. The van der Waals surface area contributed by atoms with Crippen LogP contribution >= 0.6 is 11.3 Å². The molecule has 0 amide bonds. The van der Waals surface area contributed by atoms with E-state index in [0.29, 0.717) is 12.2 Å². The third-order valence-corrected chi connectivity index (χ3v) is 3.59. The highest BCUT2D eigenvalue weighted by Gasteiger charge is 2.21. The molecular formula is C13H13FN2O3S. The SMILES string of the molecule is COc1cc(N(C)Cc2ccsc2)c([N+](=O)[O-])cc1F. The predicted octanol–water partition coefficient (Wildman–Crippen LogP) is 3.44. The van der Waals surface area contributed by atoms with Gasteiger partial charge in [0.1, 0.15) is 5.69 Å². The second-order valence-corrected chi connectivity index (χ2v) is 5.00. The van der Waals surface area contributed by atoms with E-state index in [1.54, 1.807) is 23.3 Å². The van der Waals surface area contributed by atoms with Crippen molar-refractivity contribution in [3.8, 4) is 5.75 Å². The maximum atomic E-state index is 13.6. The highest BCUT2D eigenvalue weighted by Crippen LogP contribution is 2.34. The van der Waals surface area contributed by atoms with E-state index in [0.717, 1.165) is 11.6 Å². The number of anilines is 1. The Morgan fingerprint density at radius 2 is 2.25 bits per heavy atom. The molecule has 0 N–H and O–H groups in total. The molecule has 0 saturated carbocycles. The summed E-state index contributed by atoms with van der Waals surface area (Å²) in [5, 5.41) is 14.9. The fourth-order valence-electron chi connectivity index (χ4n) is 1.88. The van der Waals surface area contributed by atoms with Gasteiger partial charge in [-0.15, -0.1) is 0 Å². The number of halogens is 1. The zero-order chi connectivity index (χ0) is 14.7. The molecule has 0 unspecified atom stereocenters. The quantitative estimate of drug-likeness (QED) is 0.626. The van der Waals surface area contributed by atoms with E-state index in [9.17, 15) is 14.5 Å². The fourth-order valence-corrected chi connectivity index (χ4v) is 2.54. The summed E-state index contributed by atoms with van der Waals surface area (Å²) >= 11 is 1.55. The van der Waals surface area contributed by atoms with Gasteiger partial charge < -0.3 is 9.64 Å². The highest BCUT2D eigenvalue weighted by atomic mass is 32.1. The van der Waals surface area contributed by atoms with Crippen LogP contribution in [0.5, 0.6) is 5.75 Å². The van der Waals surface area contributed by atoms with Crippen LogP contribution in [-0.4, -0.2) is 19.1 Å². The summed E-state index contributed by atoms with van der Waals surface area (Å²) in [7, 11) is 3.05. The maximum Gasteiger partial charge on any atom is 0.295 e. The van der Waals surface area contributed by atoms with Crippen molar-refractivity contribution in [2.45, 2.75) is 6.54 Å². The number of methoxy groups -OCH3 is 1. The minimum Gasteiger partial charge on any atom is -0.494 e. The van der Waals surface area contributed by atoms with Crippen molar-refractivity contribution in [3.63, 3.8) is 0 Å². The van der Waals surface area contributed by atoms with Gasteiger partial charge in [0.25, 0.3) is 5.69 Å². The predicted molar refractivity (Wildman–Crippen MR) is 76.0 cm³/mol. The molecule has 0 aliphatic rings. The Kier molecular flexibility index (Phi) is 4.19. The molecule has 5 nitrogen and oxygen atoms in total. The van der Waals surface area contributed by atoms with Crippen LogP contribution in [0.1, 0.15) is 5.56 Å². The normalized spacial score (nSPS) is 10.3. The van der Waals surface area contributed by atoms with Gasteiger partial charge in [-0.1, -0.05) is 0 Å². The van der Waals surface area contributed by atoms with Gasteiger partial charge in [0.05, 0.1) is 18.1 Å². The monoisotopic (exact) mass is 296 g/mol. The Labute approximate surface area is 119 Å². The standard InChI is InChI=1S/C13H13FN2O3S/c1-15(7-9-3-4-20-8-9)11-6-13(19-2)10(14)5-12(11)16(17)18/h3-6,8H,7H2,1-2H3. The van der Waals surface area contributed by atoms with Crippen LogP contribution < -0.4 is 9.64 Å². The van der Waals surface area contributed by atoms with Crippen molar-refractivity contribution >= 4 is 22.7 Å². The van der Waals surface area contributed by atoms with Gasteiger partial charge in [-0.25, -0.2) is 4.39 Å². The zero-order valence-corrected chi connectivity index (χ0v) is 11.8. The fraction of sp³-hybridized carbons (Fsp3) is 0.231. The molecular weight excluding hydrogens is 283 g/mol. The van der Waals surface area contributed by atoms with E-state index in [4.69, 9.17) is 4.74 Å². The number of rotatable bonds is 5. The second-order valence-electron chi connectivity index (χ2n) is 4.22. The Hall–Kier alpha value is -2.15. The van der Waals surface area contributed by atoms with Crippen molar-refractivity contribution in [2.24, 2.45) is 0 Å². The van der Waals surface area contributed by atoms with Gasteiger partial charge in [-0.05, 0) is 22.4 Å². The molecule has 106 valence electrons. The summed E-state index contributed by atoms with van der Waals surface area (Å²) in [5.41, 5.74) is 1.08. The van der Waals surface area contributed by atoms with Gasteiger partial charge in [-0.2, -0.15) is 11.3 Å². The van der Waals surface area contributed by atoms with Crippen LogP contribution in [-0.2, 0) is 6.54 Å². The van der Waals surface area contributed by atoms with Gasteiger partial charge in [-0.3, -0.25) is 10.1 Å². The Balaban J connectivity index is 2.39. The number of benzene rings is 1. The molecule has 0 aliphatic carbocycles. The average molecular weight is 296 g/mol. The molecule has 1 aromatic carbocycles. The van der Waals surface area contributed by atoms with Crippen LogP contribution in [0.2, 0.25) is 0 Å². The second kappa shape index (κ2) is 5.87. The molecule has 2 aromatic rings. The molecule has 1 heterocycles. The lowest BCUT2D eigenvalue weighted by molar-refractivity contribution is -0.384. The van der Waals surface area contributed by atoms with E-state index in [2.05, 4.69) is 0 Å². The molecule has 0 atom stereocenters. The van der Waals surface area contributed by atoms with Gasteiger partial charge in [0, 0.05) is 19.7 Å². The van der Waals surface area contributed by atoms with Crippen LogP contribution in [0.3, 0.4) is 0 Å². The number of thiophene rings is 1. The molecule has 7 heteroatoms. The third-order valence-electron chi connectivity index (χ3n) is 2.86. The summed E-state index contributed by atoms with van der Waals surface area (Å²) in [5.74, 6) is -0.755. The Morgan fingerprint density at radius 1 is 1.50 bits per heavy atom. The number of hydrogen-bond donors (Lipinski definition) is 0. The molecule has 20 heavy (non-hydrogen) atoms. The highest BCUT2D eigenvalue weighted by molar-refractivity contribution is 7.07. The molecule has 2 rings (SSSR count). The van der Waals surface area contributed by atoms with Crippen molar-refractivity contribution in [3.05, 3.63) is 50.5 Å². The molecule has 0 bridgehead atoms. The molecule has 0 radical (unpaired) electrons. The minimum absolute atomic E-state index is 0.0113. The molecule has 0 spiro atoms. The van der Waals surface area contributed by atoms with Gasteiger partial charge >= 0.3 is 0 Å². The smallest absolute Gasteiger partial charge is 0.295 e. The molecule has 0 saturated heterocycles. The van der Waals surface area contributed by atoms with Crippen molar-refractivity contribution in [2.75, 3.05) is 19.1 Å². The Bertz CT molecular complexity index is 616. The minimum atomic E-state index is -0.744. The number of nitro benzene ring substituents is 1. The number of hydrogen-bond acceptors (Lipinski definition) is 5. The molecule has 1 aromatic heterocycles. The first-order valence-corrected chi connectivity index (χ1v) is 6.71. The van der Waals surface area contributed by atoms with Crippen LogP contribution in [0.25, 0.3) is 0 Å². The molecule has 0 fully saturated rings. The first-order valence-electron chi connectivity index (χ1n) is 5.77. The lowest BCUT2D eigenvalue weighted by Gasteiger charge is -2.19. The van der Waals surface area contributed by atoms with Crippen LogP contribution in [0.4, 0.5) is 15.8 Å². The number of nitro groups is 1. The topological polar surface area (TPSA) is 55.6 Å². The molecule has 0 aliphatic heterocycles.